The van der Waals surface area contributed by atoms with Crippen molar-refractivity contribution in [1.82, 2.24) is 25.8 Å². The van der Waals surface area contributed by atoms with Crippen molar-refractivity contribution in [2.45, 2.75) is 84.2 Å². The summed E-state index contributed by atoms with van der Waals surface area (Å²) in [5.74, 6) is -2.41. The SMILES string of the molecule is CC(C)[C@H](NC(=O)CCOCCOCCOCCN1C(=O)C(Br)=C(Br)C1=O)C(=O)C[C@@H](CCCNC(N)=O)C(=O)Nc1ccc(C[n+]2cccc(/C=C/C(=O)NCCCCC3CCN(C(=O)c4ccccc4)CC3)c2)cc1. The zero-order chi connectivity index (χ0) is 55.5. The predicted octanol–water partition coefficient (Wildman–Crippen LogP) is 5.79. The number of urea groups is 1. The summed E-state index contributed by atoms with van der Waals surface area (Å²) < 4.78 is 18.8. The molecule has 2 atom stereocenters. The van der Waals surface area contributed by atoms with Gasteiger partial charge in [-0.3, -0.25) is 38.5 Å². The zero-order valence-electron chi connectivity index (χ0n) is 44.0. The number of anilines is 1. The lowest BCUT2D eigenvalue weighted by Gasteiger charge is -2.32. The highest BCUT2D eigenvalue weighted by molar-refractivity contribution is 9.14. The minimum Gasteiger partial charge on any atom is -0.379 e. The number of nitrogens with two attached hydrogens (primary N) is 1. The van der Waals surface area contributed by atoms with Gasteiger partial charge in [0, 0.05) is 79.5 Å². The first-order valence-electron chi connectivity index (χ1n) is 26.3. The Labute approximate surface area is 467 Å². The Hall–Kier alpha value is -6.13. The van der Waals surface area contributed by atoms with Crippen LogP contribution in [0.1, 0.15) is 93.1 Å². The minimum absolute atomic E-state index is 0.00177. The number of carbonyl (C=O) groups is 8. The van der Waals surface area contributed by atoms with Crippen LogP contribution in [0, 0.1) is 17.8 Å². The Morgan fingerprint density at radius 3 is 2.10 bits per heavy atom. The number of nitrogens with one attached hydrogen (secondary N) is 4. The summed E-state index contributed by atoms with van der Waals surface area (Å²) in [7, 11) is 0. The number of pyridine rings is 1. The molecule has 1 aromatic heterocycles. The second kappa shape index (κ2) is 33.2. The van der Waals surface area contributed by atoms with Gasteiger partial charge in [0.1, 0.15) is 8.96 Å². The highest BCUT2D eigenvalue weighted by atomic mass is 79.9. The van der Waals surface area contributed by atoms with E-state index in [1.165, 1.54) is 6.08 Å². The summed E-state index contributed by atoms with van der Waals surface area (Å²) in [5.41, 5.74) is 8.34. The second-order valence-electron chi connectivity index (χ2n) is 19.3. The Morgan fingerprint density at radius 2 is 1.44 bits per heavy atom. The third kappa shape index (κ3) is 21.7. The summed E-state index contributed by atoms with van der Waals surface area (Å²) in [4.78, 5) is 104. The molecule has 6 N–H and O–H groups in total. The van der Waals surface area contributed by atoms with Crippen LogP contribution in [0.4, 0.5) is 10.5 Å². The van der Waals surface area contributed by atoms with Crippen molar-refractivity contribution in [3.05, 3.63) is 111 Å². The molecule has 3 heterocycles. The summed E-state index contributed by atoms with van der Waals surface area (Å²) in [6.07, 6.45) is 12.7. The van der Waals surface area contributed by atoms with E-state index in [2.05, 4.69) is 53.1 Å². The van der Waals surface area contributed by atoms with Crippen LogP contribution in [0.5, 0.6) is 0 Å². The number of amides is 8. The lowest BCUT2D eigenvalue weighted by atomic mass is 9.89. The highest BCUT2D eigenvalue weighted by Crippen LogP contribution is 2.29. The molecule has 0 radical (unpaired) electrons. The van der Waals surface area contributed by atoms with E-state index in [9.17, 15) is 38.4 Å². The number of nitrogens with zero attached hydrogens (tertiary/aromatic N) is 3. The van der Waals surface area contributed by atoms with Gasteiger partial charge in [-0.2, -0.15) is 0 Å². The average molecular weight is 1190 g/mol. The zero-order valence-corrected chi connectivity index (χ0v) is 47.2. The van der Waals surface area contributed by atoms with Crippen molar-refractivity contribution in [3.8, 4) is 0 Å². The fraction of sp³-hybridized carbons (Fsp3) is 0.482. The number of hydrogen-bond donors (Lipinski definition) is 5. The van der Waals surface area contributed by atoms with Gasteiger partial charge in [0.15, 0.2) is 24.7 Å². The number of Topliss-reactive ketones (excluding diaryl/α,β-unsaturated/α-hetero) is 1. The molecule has 19 nitrogen and oxygen atoms in total. The van der Waals surface area contributed by atoms with Crippen LogP contribution in [-0.2, 0) is 49.5 Å². The van der Waals surface area contributed by atoms with E-state index in [1.807, 2.05) is 90.3 Å². The monoisotopic (exact) mass is 1190 g/mol. The number of carbonyl (C=O) groups excluding carboxylic acids is 8. The smallest absolute Gasteiger partial charge is 0.312 e. The van der Waals surface area contributed by atoms with Crippen molar-refractivity contribution in [2.24, 2.45) is 23.5 Å². The van der Waals surface area contributed by atoms with Gasteiger partial charge in [0.25, 0.3) is 17.7 Å². The fourth-order valence-corrected chi connectivity index (χ4v) is 9.55. The predicted molar refractivity (Wildman–Crippen MR) is 297 cm³/mol. The summed E-state index contributed by atoms with van der Waals surface area (Å²) in [5, 5.41) is 11.3. The van der Waals surface area contributed by atoms with Crippen LogP contribution < -0.4 is 31.6 Å². The Balaban J connectivity index is 0.985. The van der Waals surface area contributed by atoms with E-state index in [4.69, 9.17) is 19.9 Å². The number of unbranched alkanes of at least 4 members (excludes halogenated alkanes) is 1. The van der Waals surface area contributed by atoms with Gasteiger partial charge in [-0.1, -0.05) is 57.0 Å². The standard InChI is InChI=1S/C56H72Br2N8O11/c1-39(2)51(63-48(69)23-30-75-32-34-77-35-33-76-31-29-66-54(72)49(57)50(58)55(66)73)46(67)36-44(14-8-25-61-56(59)74)52(70)62-45-18-15-42(16-19-45)38-64-26-9-11-41(37-64)17-20-47(68)60-24-7-6-10-40-21-27-65(28-22-40)53(71)43-12-4-3-5-13-43/h3-5,9,11-13,15-20,26,37,39-40,44,51H,6-8,10,14,21-25,27-36,38H2,1-2H3,(H5-,59,60,61,62,63,68,69,70,74)/p+1/b20-17+/t44-,51+/m1/s1. The van der Waals surface area contributed by atoms with E-state index < -0.39 is 29.8 Å². The van der Waals surface area contributed by atoms with Crippen molar-refractivity contribution in [2.75, 3.05) is 77.7 Å². The molecule has 77 heavy (non-hydrogen) atoms. The van der Waals surface area contributed by atoms with E-state index in [1.54, 1.807) is 18.2 Å². The van der Waals surface area contributed by atoms with E-state index in [0.29, 0.717) is 31.1 Å². The second-order valence-corrected chi connectivity index (χ2v) is 20.9. The van der Waals surface area contributed by atoms with Crippen LogP contribution >= 0.6 is 31.9 Å². The molecule has 1 saturated heterocycles. The molecule has 0 aliphatic carbocycles. The molecule has 2 aliphatic heterocycles. The summed E-state index contributed by atoms with van der Waals surface area (Å²) in [6.45, 7) is 7.84. The number of likely N-dealkylation sites (tertiary alicyclic amines) is 1. The van der Waals surface area contributed by atoms with Crippen LogP contribution in [0.2, 0.25) is 0 Å². The van der Waals surface area contributed by atoms with Crippen LogP contribution in [-0.4, -0.2) is 135 Å². The largest absolute Gasteiger partial charge is 0.379 e. The Kier molecular flexibility index (Phi) is 26.6. The molecule has 1 fully saturated rings. The number of benzene rings is 2. The topological polar surface area (TPSA) is 249 Å². The van der Waals surface area contributed by atoms with Gasteiger partial charge >= 0.3 is 6.03 Å². The van der Waals surface area contributed by atoms with Crippen molar-refractivity contribution in [1.29, 1.82) is 0 Å². The highest BCUT2D eigenvalue weighted by Gasteiger charge is 2.35. The molecular formula is C56H73Br2N8O11+. The first-order chi connectivity index (χ1) is 37.1. The Morgan fingerprint density at radius 1 is 0.792 bits per heavy atom. The molecule has 0 saturated carbocycles. The lowest BCUT2D eigenvalue weighted by molar-refractivity contribution is -0.688. The van der Waals surface area contributed by atoms with Crippen molar-refractivity contribution < 1.29 is 57.1 Å². The van der Waals surface area contributed by atoms with Crippen LogP contribution in [0.3, 0.4) is 0 Å². The molecule has 5 rings (SSSR count). The first kappa shape index (κ1) is 61.7. The molecule has 2 aromatic carbocycles. The Bertz CT molecular complexity index is 2500. The van der Waals surface area contributed by atoms with Gasteiger partial charge in [0.2, 0.25) is 17.7 Å². The van der Waals surface area contributed by atoms with Gasteiger partial charge in [-0.15, -0.1) is 0 Å². The number of ether oxygens (including phenoxy) is 3. The van der Waals surface area contributed by atoms with Crippen molar-refractivity contribution >= 4 is 90.9 Å². The maximum atomic E-state index is 13.8. The molecule has 0 unspecified atom stereocenters. The molecule has 0 spiro atoms. The van der Waals surface area contributed by atoms with Gasteiger partial charge < -0.3 is 46.1 Å². The molecule has 2 aliphatic rings. The number of ketones is 1. The van der Waals surface area contributed by atoms with Crippen LogP contribution in [0.15, 0.2) is 94.2 Å². The number of aromatic nitrogens is 1. The van der Waals surface area contributed by atoms with Crippen molar-refractivity contribution in [3.63, 3.8) is 0 Å². The number of imide groups is 1. The van der Waals surface area contributed by atoms with Gasteiger partial charge in [-0.25, -0.2) is 9.36 Å². The molecule has 8 amide bonds. The lowest BCUT2D eigenvalue weighted by Crippen LogP contribution is -2.45. The van der Waals surface area contributed by atoms with Gasteiger partial charge in [-0.05, 0) is 112 Å². The summed E-state index contributed by atoms with van der Waals surface area (Å²) >= 11 is 6.17. The van der Waals surface area contributed by atoms with Crippen LogP contribution in [0.25, 0.3) is 6.08 Å². The van der Waals surface area contributed by atoms with E-state index in [-0.39, 0.29) is 116 Å². The maximum absolute atomic E-state index is 13.8. The van der Waals surface area contributed by atoms with E-state index in [0.717, 1.165) is 66.8 Å². The van der Waals surface area contributed by atoms with E-state index >= 15 is 0 Å². The number of rotatable bonds is 33. The minimum atomic E-state index is -0.851. The number of halogens is 2. The molecule has 0 bridgehead atoms. The average Bonchev–Trinajstić information content (AvgIpc) is 3.60. The number of hydrogen-bond acceptors (Lipinski definition) is 11. The molecular weight excluding hydrogens is 1120 g/mol. The number of primary amides is 1. The maximum Gasteiger partial charge on any atom is 0.312 e. The first-order valence-corrected chi connectivity index (χ1v) is 27.9. The molecule has 416 valence electrons. The van der Waals surface area contributed by atoms with Gasteiger partial charge in [0.05, 0.1) is 52.2 Å². The normalized spacial score (nSPS) is 14.8. The quantitative estimate of drug-likeness (QED) is 0.0211. The summed E-state index contributed by atoms with van der Waals surface area (Å²) in [6, 6.07) is 19.1. The molecule has 3 aromatic rings. The third-order valence-corrected chi connectivity index (χ3v) is 15.1. The fourth-order valence-electron chi connectivity index (χ4n) is 8.78. The number of piperidine rings is 1. The molecule has 21 heteroatoms. The third-order valence-electron chi connectivity index (χ3n) is 13.1.